The Bertz CT molecular complexity index is 817. The summed E-state index contributed by atoms with van der Waals surface area (Å²) in [7, 11) is -0.922. The number of rotatable bonds is 6. The van der Waals surface area contributed by atoms with Gasteiger partial charge >= 0.3 is 0 Å². The number of anilines is 2. The summed E-state index contributed by atoms with van der Waals surface area (Å²) in [5.41, 5.74) is 0.266. The first-order valence-corrected chi connectivity index (χ1v) is 8.64. The van der Waals surface area contributed by atoms with Gasteiger partial charge in [-0.3, -0.25) is 9.52 Å². The normalized spacial score (nSPS) is 10.9. The number of benzene rings is 1. The van der Waals surface area contributed by atoms with Crippen LogP contribution in [0.15, 0.2) is 28.6 Å². The Labute approximate surface area is 137 Å². The van der Waals surface area contributed by atoms with Gasteiger partial charge in [0.15, 0.2) is 9.34 Å². The number of hydrogen-bond acceptors (Lipinski definition) is 7. The smallest absolute Gasteiger partial charge is 0.273 e. The summed E-state index contributed by atoms with van der Waals surface area (Å²) < 4.78 is 37.4. The monoisotopic (exact) mass is 357 g/mol. The Kier molecular flexibility index (Phi) is 5.06. The second-order valence-electron chi connectivity index (χ2n) is 4.34. The minimum Gasteiger partial charge on any atom is -0.497 e. The highest BCUT2D eigenvalue weighted by atomic mass is 32.2. The van der Waals surface area contributed by atoms with Crippen LogP contribution < -0.4 is 19.5 Å². The zero-order valence-electron chi connectivity index (χ0n) is 12.6. The van der Waals surface area contributed by atoms with E-state index in [2.05, 4.69) is 15.0 Å². The van der Waals surface area contributed by atoms with Crippen molar-refractivity contribution in [1.29, 1.82) is 0 Å². The fraction of sp³-hybridized carbons (Fsp3) is 0.231. The average molecular weight is 357 g/mol. The van der Waals surface area contributed by atoms with Gasteiger partial charge in [0, 0.05) is 13.0 Å². The molecule has 8 nitrogen and oxygen atoms in total. The predicted molar refractivity (Wildman–Crippen MR) is 86.8 cm³/mol. The van der Waals surface area contributed by atoms with Gasteiger partial charge in [-0.25, -0.2) is 13.4 Å². The van der Waals surface area contributed by atoms with E-state index in [0.717, 1.165) is 11.3 Å². The van der Waals surface area contributed by atoms with Crippen LogP contribution in [0.3, 0.4) is 0 Å². The minimum atomic E-state index is -3.85. The summed E-state index contributed by atoms with van der Waals surface area (Å²) in [5, 5.41) is 2.64. The number of nitrogens with zero attached hydrogens (tertiary/aromatic N) is 1. The topological polar surface area (TPSA) is 107 Å². The molecule has 1 aromatic heterocycles. The number of ether oxygens (including phenoxy) is 2. The van der Waals surface area contributed by atoms with Crippen LogP contribution in [-0.2, 0) is 14.8 Å². The number of carbonyl (C=O) groups excluding carboxylic acids is 1. The molecule has 0 fully saturated rings. The summed E-state index contributed by atoms with van der Waals surface area (Å²) in [4.78, 5) is 14.8. The Hall–Kier alpha value is -2.33. The van der Waals surface area contributed by atoms with Crippen molar-refractivity contribution in [2.75, 3.05) is 24.3 Å². The van der Waals surface area contributed by atoms with Crippen LogP contribution in [0.2, 0.25) is 0 Å². The molecule has 23 heavy (non-hydrogen) atoms. The zero-order valence-corrected chi connectivity index (χ0v) is 14.2. The summed E-state index contributed by atoms with van der Waals surface area (Å²) >= 11 is 0.849. The van der Waals surface area contributed by atoms with Crippen molar-refractivity contribution in [2.24, 2.45) is 0 Å². The second kappa shape index (κ2) is 6.84. The maximum absolute atomic E-state index is 12.4. The lowest BCUT2D eigenvalue weighted by Gasteiger charge is -2.11. The fourth-order valence-corrected chi connectivity index (χ4v) is 3.82. The van der Waals surface area contributed by atoms with Gasteiger partial charge in [-0.1, -0.05) is 11.3 Å². The van der Waals surface area contributed by atoms with Crippen LogP contribution in [-0.4, -0.2) is 33.5 Å². The van der Waals surface area contributed by atoms with Gasteiger partial charge in [0.25, 0.3) is 10.0 Å². The molecule has 2 aromatic rings. The highest BCUT2D eigenvalue weighted by molar-refractivity contribution is 7.94. The molecular weight excluding hydrogens is 342 g/mol. The van der Waals surface area contributed by atoms with E-state index in [0.29, 0.717) is 11.5 Å². The number of carbonyl (C=O) groups is 1. The molecule has 1 heterocycles. The third-order valence-electron chi connectivity index (χ3n) is 2.69. The van der Waals surface area contributed by atoms with Crippen molar-refractivity contribution in [1.82, 2.24) is 4.98 Å². The van der Waals surface area contributed by atoms with E-state index in [4.69, 9.17) is 9.47 Å². The van der Waals surface area contributed by atoms with Crippen molar-refractivity contribution in [3.63, 3.8) is 0 Å². The van der Waals surface area contributed by atoms with E-state index in [1.54, 1.807) is 12.1 Å². The predicted octanol–water partition coefficient (Wildman–Crippen LogP) is 1.92. The third kappa shape index (κ3) is 4.11. The van der Waals surface area contributed by atoms with Gasteiger partial charge in [-0.05, 0) is 12.1 Å². The zero-order chi connectivity index (χ0) is 17.0. The maximum Gasteiger partial charge on any atom is 0.273 e. The standard InChI is InChI=1S/C13H15N3O5S2/c1-8(17)15-13-14-7-12(22-13)23(18,19)16-10-5-4-9(20-2)6-11(10)21-3/h4-7,16H,1-3H3,(H,14,15,17). The molecule has 0 aliphatic carbocycles. The molecule has 1 aromatic carbocycles. The molecule has 2 rings (SSSR count). The van der Waals surface area contributed by atoms with Gasteiger partial charge in [-0.2, -0.15) is 0 Å². The molecule has 0 unspecified atom stereocenters. The van der Waals surface area contributed by atoms with Gasteiger partial charge in [0.2, 0.25) is 5.91 Å². The van der Waals surface area contributed by atoms with Gasteiger partial charge < -0.3 is 14.8 Å². The highest BCUT2D eigenvalue weighted by Crippen LogP contribution is 2.32. The molecule has 0 saturated carbocycles. The largest absolute Gasteiger partial charge is 0.497 e. The Morgan fingerprint density at radius 3 is 2.61 bits per heavy atom. The minimum absolute atomic E-state index is 0.0286. The number of thiazole rings is 1. The lowest BCUT2D eigenvalue weighted by atomic mass is 10.3. The van der Waals surface area contributed by atoms with Crippen molar-refractivity contribution >= 4 is 38.1 Å². The number of amides is 1. The maximum atomic E-state index is 12.4. The SMILES string of the molecule is COc1ccc(NS(=O)(=O)c2cnc(NC(C)=O)s2)c(OC)c1. The number of nitrogens with one attached hydrogen (secondary N) is 2. The summed E-state index contributed by atoms with van der Waals surface area (Å²) in [5.74, 6) is 0.531. The lowest BCUT2D eigenvalue weighted by molar-refractivity contribution is -0.114. The van der Waals surface area contributed by atoms with Crippen molar-refractivity contribution < 1.29 is 22.7 Å². The Balaban J connectivity index is 2.27. The molecule has 0 spiro atoms. The molecule has 0 aliphatic heterocycles. The van der Waals surface area contributed by atoms with Crippen LogP contribution >= 0.6 is 11.3 Å². The van der Waals surface area contributed by atoms with Crippen LogP contribution in [0.4, 0.5) is 10.8 Å². The van der Waals surface area contributed by atoms with E-state index < -0.39 is 10.0 Å². The van der Waals surface area contributed by atoms with Crippen LogP contribution in [0.1, 0.15) is 6.92 Å². The number of hydrogen-bond donors (Lipinski definition) is 2. The van der Waals surface area contributed by atoms with Crippen LogP contribution in [0, 0.1) is 0 Å². The highest BCUT2D eigenvalue weighted by Gasteiger charge is 2.20. The van der Waals surface area contributed by atoms with Crippen LogP contribution in [0.5, 0.6) is 11.5 Å². The van der Waals surface area contributed by atoms with Crippen molar-refractivity contribution in [3.8, 4) is 11.5 Å². The summed E-state index contributed by atoms with van der Waals surface area (Å²) in [6.45, 7) is 1.32. The first-order chi connectivity index (χ1) is 10.9. The molecule has 0 saturated heterocycles. The van der Waals surface area contributed by atoms with E-state index in [-0.39, 0.29) is 20.9 Å². The Morgan fingerprint density at radius 2 is 2.00 bits per heavy atom. The number of aromatic nitrogens is 1. The first-order valence-electron chi connectivity index (χ1n) is 6.34. The molecular formula is C13H15N3O5S2. The quantitative estimate of drug-likeness (QED) is 0.818. The molecule has 1 amide bonds. The van der Waals surface area contributed by atoms with E-state index in [9.17, 15) is 13.2 Å². The molecule has 0 bridgehead atoms. The van der Waals surface area contributed by atoms with E-state index >= 15 is 0 Å². The molecule has 2 N–H and O–H groups in total. The van der Waals surface area contributed by atoms with Crippen molar-refractivity contribution in [3.05, 3.63) is 24.4 Å². The first kappa shape index (κ1) is 17.0. The molecule has 10 heteroatoms. The van der Waals surface area contributed by atoms with Gasteiger partial charge in [0.05, 0.1) is 26.1 Å². The van der Waals surface area contributed by atoms with Crippen LogP contribution in [0.25, 0.3) is 0 Å². The van der Waals surface area contributed by atoms with Gasteiger partial charge in [0.1, 0.15) is 11.5 Å². The van der Waals surface area contributed by atoms with Gasteiger partial charge in [-0.15, -0.1) is 0 Å². The Morgan fingerprint density at radius 1 is 1.26 bits per heavy atom. The molecule has 0 aliphatic rings. The van der Waals surface area contributed by atoms with E-state index in [1.165, 1.54) is 33.4 Å². The number of methoxy groups -OCH3 is 2. The summed E-state index contributed by atoms with van der Waals surface area (Å²) in [6, 6.07) is 4.70. The number of sulfonamides is 1. The third-order valence-corrected chi connectivity index (χ3v) is 5.42. The molecule has 0 radical (unpaired) electrons. The lowest BCUT2D eigenvalue weighted by Crippen LogP contribution is -2.12. The average Bonchev–Trinajstić information content (AvgIpc) is 2.96. The molecule has 0 atom stereocenters. The second-order valence-corrected chi connectivity index (χ2v) is 7.28. The van der Waals surface area contributed by atoms with Crippen molar-refractivity contribution in [2.45, 2.75) is 11.1 Å². The van der Waals surface area contributed by atoms with E-state index in [1.807, 2.05) is 0 Å². The molecule has 124 valence electrons. The summed E-state index contributed by atoms with van der Waals surface area (Å²) in [6.07, 6.45) is 1.17. The fourth-order valence-electron chi connectivity index (χ4n) is 1.67.